The summed E-state index contributed by atoms with van der Waals surface area (Å²) in [6.07, 6.45) is 2.59. The number of rotatable bonds is 5. The summed E-state index contributed by atoms with van der Waals surface area (Å²) in [6.45, 7) is 3.23. The van der Waals surface area contributed by atoms with Crippen molar-refractivity contribution in [2.45, 2.75) is 19.9 Å². The number of halogens is 1. The maximum atomic E-state index is 11.9. The highest BCUT2D eigenvalue weighted by atomic mass is 79.9. The van der Waals surface area contributed by atoms with Crippen LogP contribution in [0, 0.1) is 0 Å². The second-order valence-corrected chi connectivity index (χ2v) is 4.95. The highest BCUT2D eigenvalue weighted by Gasteiger charge is 2.07. The van der Waals surface area contributed by atoms with Gasteiger partial charge < -0.3 is 5.32 Å². The fraction of sp³-hybridized carbons (Fsp3) is 0.286. The molecule has 0 radical (unpaired) electrons. The van der Waals surface area contributed by atoms with Crippen LogP contribution in [0.1, 0.15) is 12.5 Å². The van der Waals surface area contributed by atoms with Crippen LogP contribution in [-0.2, 0) is 13.0 Å². The van der Waals surface area contributed by atoms with Crippen LogP contribution in [0.5, 0.6) is 0 Å². The lowest BCUT2D eigenvalue weighted by Gasteiger charge is -2.09. The Hall–Kier alpha value is -1.62. The van der Waals surface area contributed by atoms with Crippen LogP contribution in [0.2, 0.25) is 0 Å². The first-order chi connectivity index (χ1) is 9.22. The minimum Gasteiger partial charge on any atom is -0.382 e. The van der Waals surface area contributed by atoms with E-state index in [1.807, 2.05) is 25.1 Å². The summed E-state index contributed by atoms with van der Waals surface area (Å²) in [4.78, 5) is 11.9. The number of aromatic nitrogens is 2. The molecule has 0 bridgehead atoms. The van der Waals surface area contributed by atoms with Crippen LogP contribution in [0.4, 0.5) is 5.69 Å². The zero-order chi connectivity index (χ0) is 13.7. The van der Waals surface area contributed by atoms with Crippen molar-refractivity contribution in [2.75, 3.05) is 11.9 Å². The number of anilines is 1. The van der Waals surface area contributed by atoms with Gasteiger partial charge in [0.1, 0.15) is 4.47 Å². The smallest absolute Gasteiger partial charge is 0.283 e. The van der Waals surface area contributed by atoms with E-state index >= 15 is 0 Å². The predicted molar refractivity (Wildman–Crippen MR) is 80.5 cm³/mol. The first kappa shape index (κ1) is 13.8. The summed E-state index contributed by atoms with van der Waals surface area (Å²) < 4.78 is 1.96. The predicted octanol–water partition coefficient (Wildman–Crippen LogP) is 2.68. The summed E-state index contributed by atoms with van der Waals surface area (Å²) in [7, 11) is 0. The van der Waals surface area contributed by atoms with Gasteiger partial charge in [0.05, 0.1) is 11.9 Å². The van der Waals surface area contributed by atoms with Crippen LogP contribution in [0.3, 0.4) is 0 Å². The van der Waals surface area contributed by atoms with Crippen molar-refractivity contribution < 1.29 is 0 Å². The third kappa shape index (κ3) is 3.44. The molecule has 5 heteroatoms. The fourth-order valence-corrected chi connectivity index (χ4v) is 2.25. The minimum atomic E-state index is -0.104. The Morgan fingerprint density at radius 3 is 2.74 bits per heavy atom. The molecule has 19 heavy (non-hydrogen) atoms. The van der Waals surface area contributed by atoms with Gasteiger partial charge in [-0.3, -0.25) is 4.79 Å². The van der Waals surface area contributed by atoms with Gasteiger partial charge in [-0.2, -0.15) is 5.10 Å². The fourth-order valence-electron chi connectivity index (χ4n) is 1.80. The topological polar surface area (TPSA) is 46.9 Å². The molecule has 0 aliphatic carbocycles. The Kier molecular flexibility index (Phi) is 4.74. The molecule has 0 atom stereocenters. The lowest BCUT2D eigenvalue weighted by Crippen LogP contribution is -2.23. The molecule has 1 N–H and O–H groups in total. The van der Waals surface area contributed by atoms with Gasteiger partial charge >= 0.3 is 0 Å². The number of benzene rings is 1. The first-order valence-electron chi connectivity index (χ1n) is 6.25. The number of aryl methyl sites for hydroxylation is 1. The lowest BCUT2D eigenvalue weighted by atomic mass is 10.1. The molecule has 0 spiro atoms. The monoisotopic (exact) mass is 321 g/mol. The zero-order valence-corrected chi connectivity index (χ0v) is 12.4. The van der Waals surface area contributed by atoms with Crippen LogP contribution in [-0.4, -0.2) is 16.3 Å². The molecule has 0 aliphatic rings. The highest BCUT2D eigenvalue weighted by molar-refractivity contribution is 9.10. The molecule has 1 aromatic carbocycles. The third-order valence-corrected chi connectivity index (χ3v) is 3.62. The van der Waals surface area contributed by atoms with Gasteiger partial charge in [0.15, 0.2) is 0 Å². The van der Waals surface area contributed by atoms with Crippen molar-refractivity contribution in [1.29, 1.82) is 0 Å². The largest absolute Gasteiger partial charge is 0.382 e. The van der Waals surface area contributed by atoms with E-state index in [-0.39, 0.29) is 5.56 Å². The molecule has 0 fully saturated rings. The van der Waals surface area contributed by atoms with Crippen LogP contribution >= 0.6 is 15.9 Å². The molecule has 1 aromatic heterocycles. The molecule has 4 nitrogen and oxygen atoms in total. The Balaban J connectivity index is 2.01. The average Bonchev–Trinajstić information content (AvgIpc) is 2.45. The molecule has 0 unspecified atom stereocenters. The van der Waals surface area contributed by atoms with Crippen LogP contribution < -0.4 is 10.9 Å². The normalized spacial score (nSPS) is 10.4. The summed E-state index contributed by atoms with van der Waals surface area (Å²) in [6, 6.07) is 10.2. The molecule has 0 aliphatic heterocycles. The van der Waals surface area contributed by atoms with Crippen LogP contribution in [0.15, 0.2) is 45.8 Å². The average molecular weight is 322 g/mol. The summed E-state index contributed by atoms with van der Waals surface area (Å²) in [5, 5.41) is 7.33. The van der Waals surface area contributed by atoms with Gasteiger partial charge in [-0.15, -0.1) is 0 Å². The summed E-state index contributed by atoms with van der Waals surface area (Å²) in [5.74, 6) is 0. The van der Waals surface area contributed by atoms with Gasteiger partial charge in [-0.25, -0.2) is 4.68 Å². The van der Waals surface area contributed by atoms with E-state index in [4.69, 9.17) is 0 Å². The van der Waals surface area contributed by atoms with Gasteiger partial charge in [-0.1, -0.05) is 30.3 Å². The second kappa shape index (κ2) is 6.52. The van der Waals surface area contributed by atoms with E-state index < -0.39 is 0 Å². The Bertz CT molecular complexity index is 595. The van der Waals surface area contributed by atoms with E-state index in [2.05, 4.69) is 38.5 Å². The molecule has 100 valence electrons. The van der Waals surface area contributed by atoms with E-state index in [1.165, 1.54) is 10.2 Å². The van der Waals surface area contributed by atoms with Crippen molar-refractivity contribution in [3.63, 3.8) is 0 Å². The van der Waals surface area contributed by atoms with Gasteiger partial charge in [0.2, 0.25) is 0 Å². The standard InChI is InChI=1S/C14H16BrN3O/c1-2-18-14(19)13(15)12(10-17-18)16-9-8-11-6-4-3-5-7-11/h3-7,10,16H,2,8-9H2,1H3. The van der Waals surface area contributed by atoms with E-state index in [1.54, 1.807) is 6.20 Å². The van der Waals surface area contributed by atoms with E-state index in [0.717, 1.165) is 18.7 Å². The summed E-state index contributed by atoms with van der Waals surface area (Å²) in [5.41, 5.74) is 1.90. The minimum absolute atomic E-state index is 0.104. The highest BCUT2D eigenvalue weighted by Crippen LogP contribution is 2.16. The molecule has 0 amide bonds. The van der Waals surface area contributed by atoms with Gasteiger partial charge in [0, 0.05) is 13.1 Å². The summed E-state index contributed by atoms with van der Waals surface area (Å²) >= 11 is 3.32. The maximum absolute atomic E-state index is 11.9. The number of nitrogens with one attached hydrogen (secondary N) is 1. The molecule has 0 saturated carbocycles. The lowest BCUT2D eigenvalue weighted by molar-refractivity contribution is 0.613. The third-order valence-electron chi connectivity index (χ3n) is 2.86. The Morgan fingerprint density at radius 2 is 2.05 bits per heavy atom. The molecule has 0 saturated heterocycles. The molecule has 2 aromatic rings. The van der Waals surface area contributed by atoms with E-state index in [9.17, 15) is 4.79 Å². The number of hydrogen-bond donors (Lipinski definition) is 1. The molecular weight excluding hydrogens is 306 g/mol. The first-order valence-corrected chi connectivity index (χ1v) is 7.05. The molecule has 2 rings (SSSR count). The van der Waals surface area contributed by atoms with Gasteiger partial charge in [0.25, 0.3) is 5.56 Å². The SMILES string of the molecule is CCn1ncc(NCCc2ccccc2)c(Br)c1=O. The molecular formula is C14H16BrN3O. The Labute approximate surface area is 120 Å². The zero-order valence-electron chi connectivity index (χ0n) is 10.8. The van der Waals surface area contributed by atoms with E-state index in [0.29, 0.717) is 11.0 Å². The van der Waals surface area contributed by atoms with Crippen molar-refractivity contribution in [1.82, 2.24) is 9.78 Å². The second-order valence-electron chi connectivity index (χ2n) is 4.16. The Morgan fingerprint density at radius 1 is 1.32 bits per heavy atom. The van der Waals surface area contributed by atoms with Crippen molar-refractivity contribution >= 4 is 21.6 Å². The quantitative estimate of drug-likeness (QED) is 0.921. The van der Waals surface area contributed by atoms with Crippen molar-refractivity contribution in [3.8, 4) is 0 Å². The van der Waals surface area contributed by atoms with Gasteiger partial charge in [-0.05, 0) is 34.8 Å². The number of hydrogen-bond acceptors (Lipinski definition) is 3. The van der Waals surface area contributed by atoms with Crippen molar-refractivity contribution in [2.24, 2.45) is 0 Å². The maximum Gasteiger partial charge on any atom is 0.283 e. The molecule has 1 heterocycles. The van der Waals surface area contributed by atoms with Crippen molar-refractivity contribution in [3.05, 3.63) is 56.9 Å². The van der Waals surface area contributed by atoms with Crippen LogP contribution in [0.25, 0.3) is 0 Å². The number of nitrogens with zero attached hydrogens (tertiary/aromatic N) is 2.